The van der Waals surface area contributed by atoms with Crippen LogP contribution < -0.4 is 10.5 Å². The summed E-state index contributed by atoms with van der Waals surface area (Å²) in [4.78, 5) is 4.14. The summed E-state index contributed by atoms with van der Waals surface area (Å²) >= 11 is 0. The molecule has 0 saturated heterocycles. The lowest BCUT2D eigenvalue weighted by Crippen LogP contribution is -2.07. The average molecular weight is 182 g/mol. The summed E-state index contributed by atoms with van der Waals surface area (Å²) < 4.78 is 10.1. The van der Waals surface area contributed by atoms with Crippen molar-refractivity contribution in [3.63, 3.8) is 0 Å². The van der Waals surface area contributed by atoms with Crippen LogP contribution in [0.1, 0.15) is 5.69 Å². The van der Waals surface area contributed by atoms with Crippen LogP contribution in [-0.4, -0.2) is 25.3 Å². The normalized spacial score (nSPS) is 10.0. The highest BCUT2D eigenvalue weighted by molar-refractivity contribution is 5.48. The van der Waals surface area contributed by atoms with Crippen LogP contribution in [0.4, 0.5) is 5.69 Å². The lowest BCUT2D eigenvalue weighted by molar-refractivity contribution is 0.144. The molecular formula is C9H14N2O2. The second-order valence-corrected chi connectivity index (χ2v) is 2.69. The molecule has 0 aliphatic heterocycles. The van der Waals surface area contributed by atoms with Gasteiger partial charge in [0.15, 0.2) is 0 Å². The number of hydrogen-bond acceptors (Lipinski definition) is 4. The average Bonchev–Trinajstić information content (AvgIpc) is 2.11. The molecule has 72 valence electrons. The van der Waals surface area contributed by atoms with Gasteiger partial charge in [-0.1, -0.05) is 0 Å². The molecule has 2 N–H and O–H groups in total. The van der Waals surface area contributed by atoms with Gasteiger partial charge in [0.1, 0.15) is 6.61 Å². The summed E-state index contributed by atoms with van der Waals surface area (Å²) in [6.45, 7) is 2.90. The molecule has 1 aromatic heterocycles. The van der Waals surface area contributed by atoms with Crippen molar-refractivity contribution < 1.29 is 9.47 Å². The number of ether oxygens (including phenoxy) is 2. The minimum Gasteiger partial charge on any atom is -0.474 e. The summed E-state index contributed by atoms with van der Waals surface area (Å²) in [6, 6.07) is 3.63. The number of nitrogens with two attached hydrogens (primary N) is 1. The van der Waals surface area contributed by atoms with E-state index < -0.39 is 0 Å². The van der Waals surface area contributed by atoms with Gasteiger partial charge in [-0.05, 0) is 19.1 Å². The Morgan fingerprint density at radius 3 is 2.85 bits per heavy atom. The Labute approximate surface area is 77.7 Å². The van der Waals surface area contributed by atoms with E-state index in [1.807, 2.05) is 13.0 Å². The molecule has 13 heavy (non-hydrogen) atoms. The molecule has 4 nitrogen and oxygen atoms in total. The van der Waals surface area contributed by atoms with Crippen molar-refractivity contribution in [2.24, 2.45) is 0 Å². The molecule has 0 amide bonds. The number of rotatable bonds is 4. The van der Waals surface area contributed by atoms with Crippen molar-refractivity contribution in [3.8, 4) is 5.88 Å². The van der Waals surface area contributed by atoms with Crippen LogP contribution in [0.2, 0.25) is 0 Å². The molecule has 0 radical (unpaired) electrons. The third-order valence-electron chi connectivity index (χ3n) is 1.56. The lowest BCUT2D eigenvalue weighted by Gasteiger charge is -2.07. The highest BCUT2D eigenvalue weighted by atomic mass is 16.5. The molecule has 1 heterocycles. The zero-order chi connectivity index (χ0) is 9.68. The van der Waals surface area contributed by atoms with Crippen molar-refractivity contribution in [2.75, 3.05) is 26.1 Å². The smallest absolute Gasteiger partial charge is 0.237 e. The fourth-order valence-corrected chi connectivity index (χ4v) is 0.881. The summed E-state index contributed by atoms with van der Waals surface area (Å²) in [6.07, 6.45) is 0. The molecule has 0 aromatic carbocycles. The van der Waals surface area contributed by atoms with Crippen molar-refractivity contribution in [1.29, 1.82) is 0 Å². The second kappa shape index (κ2) is 4.67. The monoisotopic (exact) mass is 182 g/mol. The van der Waals surface area contributed by atoms with E-state index in [0.717, 1.165) is 5.69 Å². The van der Waals surface area contributed by atoms with Crippen LogP contribution in [0.5, 0.6) is 5.88 Å². The fraction of sp³-hybridized carbons (Fsp3) is 0.444. The van der Waals surface area contributed by atoms with Gasteiger partial charge in [0.2, 0.25) is 5.88 Å². The van der Waals surface area contributed by atoms with E-state index >= 15 is 0 Å². The molecular weight excluding hydrogens is 168 g/mol. The molecule has 0 aliphatic carbocycles. The minimum absolute atomic E-state index is 0.469. The van der Waals surface area contributed by atoms with Crippen LogP contribution in [-0.2, 0) is 4.74 Å². The Hall–Kier alpha value is -1.29. The highest BCUT2D eigenvalue weighted by Gasteiger charge is 2.01. The van der Waals surface area contributed by atoms with E-state index in [4.69, 9.17) is 15.2 Å². The van der Waals surface area contributed by atoms with Gasteiger partial charge < -0.3 is 15.2 Å². The van der Waals surface area contributed by atoms with Gasteiger partial charge in [0.05, 0.1) is 12.3 Å². The molecule has 1 rings (SSSR count). The van der Waals surface area contributed by atoms with Crippen LogP contribution in [0.3, 0.4) is 0 Å². The number of nitrogens with zero attached hydrogens (tertiary/aromatic N) is 1. The zero-order valence-corrected chi connectivity index (χ0v) is 7.91. The molecule has 0 bridgehead atoms. The van der Waals surface area contributed by atoms with E-state index in [1.165, 1.54) is 0 Å². The highest BCUT2D eigenvalue weighted by Crippen LogP contribution is 2.17. The molecule has 0 saturated carbocycles. The number of aromatic nitrogens is 1. The SMILES string of the molecule is COCCOc1nc(C)ccc1N. The third-order valence-corrected chi connectivity index (χ3v) is 1.56. The Morgan fingerprint density at radius 2 is 2.15 bits per heavy atom. The Bertz CT molecular complexity index is 276. The summed E-state index contributed by atoms with van der Waals surface area (Å²) in [7, 11) is 1.62. The first kappa shape index (κ1) is 9.80. The predicted molar refractivity (Wildman–Crippen MR) is 50.8 cm³/mol. The third kappa shape index (κ3) is 2.91. The fourth-order valence-electron chi connectivity index (χ4n) is 0.881. The number of aryl methyl sites for hydroxylation is 1. The van der Waals surface area contributed by atoms with Gasteiger partial charge >= 0.3 is 0 Å². The summed E-state index contributed by atoms with van der Waals surface area (Å²) in [5.41, 5.74) is 7.09. The van der Waals surface area contributed by atoms with E-state index in [2.05, 4.69) is 4.98 Å². The Balaban J connectivity index is 2.59. The van der Waals surface area contributed by atoms with Gasteiger partial charge in [0, 0.05) is 12.8 Å². The molecule has 0 spiro atoms. The maximum Gasteiger partial charge on any atom is 0.237 e. The first-order valence-corrected chi connectivity index (χ1v) is 4.09. The second-order valence-electron chi connectivity index (χ2n) is 2.69. The number of anilines is 1. The molecule has 0 aliphatic rings. The number of hydrogen-bond donors (Lipinski definition) is 1. The van der Waals surface area contributed by atoms with E-state index in [9.17, 15) is 0 Å². The van der Waals surface area contributed by atoms with E-state index in [0.29, 0.717) is 24.8 Å². The predicted octanol–water partition coefficient (Wildman–Crippen LogP) is 0.997. The molecule has 4 heteroatoms. The number of pyridine rings is 1. The van der Waals surface area contributed by atoms with Crippen LogP contribution in [0, 0.1) is 6.92 Å². The summed E-state index contributed by atoms with van der Waals surface area (Å²) in [5.74, 6) is 0.483. The van der Waals surface area contributed by atoms with Gasteiger partial charge in [-0.2, -0.15) is 0 Å². The van der Waals surface area contributed by atoms with Crippen molar-refractivity contribution in [2.45, 2.75) is 6.92 Å². The van der Waals surface area contributed by atoms with E-state index in [-0.39, 0.29) is 0 Å². The van der Waals surface area contributed by atoms with Crippen LogP contribution in [0.15, 0.2) is 12.1 Å². The van der Waals surface area contributed by atoms with Crippen molar-refractivity contribution >= 4 is 5.69 Å². The van der Waals surface area contributed by atoms with E-state index in [1.54, 1.807) is 13.2 Å². The number of methoxy groups -OCH3 is 1. The molecule has 0 unspecified atom stereocenters. The Kier molecular flexibility index (Phi) is 3.52. The lowest BCUT2D eigenvalue weighted by atomic mass is 10.3. The zero-order valence-electron chi connectivity index (χ0n) is 7.91. The van der Waals surface area contributed by atoms with Crippen molar-refractivity contribution in [1.82, 2.24) is 4.98 Å². The van der Waals surface area contributed by atoms with Crippen molar-refractivity contribution in [3.05, 3.63) is 17.8 Å². The first-order chi connectivity index (χ1) is 6.24. The van der Waals surface area contributed by atoms with Crippen LogP contribution >= 0.6 is 0 Å². The largest absolute Gasteiger partial charge is 0.474 e. The quantitative estimate of drug-likeness (QED) is 0.706. The summed E-state index contributed by atoms with van der Waals surface area (Å²) in [5, 5.41) is 0. The van der Waals surface area contributed by atoms with Gasteiger partial charge in [-0.3, -0.25) is 0 Å². The minimum atomic E-state index is 0.469. The Morgan fingerprint density at radius 1 is 1.38 bits per heavy atom. The van der Waals surface area contributed by atoms with Gasteiger partial charge in [0.25, 0.3) is 0 Å². The molecule has 0 atom stereocenters. The molecule has 1 aromatic rings. The maximum atomic E-state index is 5.64. The first-order valence-electron chi connectivity index (χ1n) is 4.09. The maximum absolute atomic E-state index is 5.64. The molecule has 0 fully saturated rings. The number of nitrogen functional groups attached to an aromatic ring is 1. The standard InChI is InChI=1S/C9H14N2O2/c1-7-3-4-8(10)9(11-7)13-6-5-12-2/h3-4H,5-6,10H2,1-2H3. The van der Waals surface area contributed by atoms with Gasteiger partial charge in [-0.15, -0.1) is 0 Å². The topological polar surface area (TPSA) is 57.4 Å². The van der Waals surface area contributed by atoms with Gasteiger partial charge in [-0.25, -0.2) is 4.98 Å². The van der Waals surface area contributed by atoms with Crippen LogP contribution in [0.25, 0.3) is 0 Å².